The number of hydrogen-bond acceptors (Lipinski definition) is 8. The summed E-state index contributed by atoms with van der Waals surface area (Å²) in [6.07, 6.45) is 15.8. The molecule has 0 aliphatic carbocycles. The Morgan fingerprint density at radius 2 is 0.804 bits per heavy atom. The second-order valence-electron chi connectivity index (χ2n) is 12.3. The van der Waals surface area contributed by atoms with E-state index in [4.69, 9.17) is 9.47 Å². The van der Waals surface area contributed by atoms with E-state index in [9.17, 15) is 25.9 Å². The zero-order chi connectivity index (χ0) is 36.2. The minimum Gasteiger partial charge on any atom is -0.744 e. The molecule has 4 aromatic carbocycles. The van der Waals surface area contributed by atoms with E-state index in [2.05, 4.69) is 13.8 Å². The van der Waals surface area contributed by atoms with E-state index in [0.717, 1.165) is 49.7 Å². The summed E-state index contributed by atoms with van der Waals surface area (Å²) in [7, 11) is -9.00. The number of hydrogen-bond donors (Lipinski definition) is 0. The molecule has 0 unspecified atom stereocenters. The number of rotatable bonds is 20. The van der Waals surface area contributed by atoms with Gasteiger partial charge in [0.25, 0.3) is 0 Å². The van der Waals surface area contributed by atoms with Crippen LogP contribution in [0.5, 0.6) is 23.0 Å². The average molecular weight is 763 g/mol. The number of para-hydroxylation sites is 2. The molecule has 0 N–H and O–H groups in total. The van der Waals surface area contributed by atoms with Crippen LogP contribution in [0, 0.1) is 0 Å². The van der Waals surface area contributed by atoms with Gasteiger partial charge in [-0.2, -0.15) is 0 Å². The topological polar surface area (TPSA) is 133 Å². The molecule has 8 nitrogen and oxygen atoms in total. The fraction of sp³-hybridized carbons (Fsp3) is 0.400. The Balaban J connectivity index is 0.000000347. The summed E-state index contributed by atoms with van der Waals surface area (Å²) in [4.78, 5) is -0.518. The van der Waals surface area contributed by atoms with Crippen molar-refractivity contribution in [3.8, 4) is 23.0 Å². The van der Waals surface area contributed by atoms with E-state index in [-0.39, 0.29) is 47.5 Å². The minimum atomic E-state index is -4.50. The third kappa shape index (κ3) is 17.3. The van der Waals surface area contributed by atoms with Crippen molar-refractivity contribution >= 4 is 58.0 Å². The van der Waals surface area contributed by atoms with Crippen LogP contribution in [0.15, 0.2) is 107 Å². The van der Waals surface area contributed by atoms with Gasteiger partial charge in [0.2, 0.25) is 0 Å². The van der Waals surface area contributed by atoms with Gasteiger partial charge in [0.05, 0.1) is 9.79 Å². The second kappa shape index (κ2) is 24.0. The molecule has 0 fully saturated rings. The van der Waals surface area contributed by atoms with Crippen LogP contribution in [0.4, 0.5) is 0 Å². The molecule has 0 bridgehead atoms. The molecule has 0 saturated carbocycles. The van der Waals surface area contributed by atoms with Crippen LogP contribution < -0.4 is 9.47 Å². The molecule has 11 heteroatoms. The molecule has 0 atom stereocenters. The summed E-state index contributed by atoms with van der Waals surface area (Å²) in [5.41, 5.74) is 1.85. The summed E-state index contributed by atoms with van der Waals surface area (Å²) in [5, 5.41) is 0. The zero-order valence-electron chi connectivity index (χ0n) is 29.9. The quantitative estimate of drug-likeness (QED) is 0.0494. The molecule has 0 aromatic heterocycles. The van der Waals surface area contributed by atoms with Gasteiger partial charge in [0.15, 0.2) is 0 Å². The van der Waals surface area contributed by atoms with Crippen molar-refractivity contribution in [2.24, 2.45) is 0 Å². The first-order chi connectivity index (χ1) is 24.0. The fourth-order valence-electron chi connectivity index (χ4n) is 5.41. The van der Waals surface area contributed by atoms with Crippen LogP contribution in [-0.2, 0) is 33.1 Å². The number of benzene rings is 4. The average Bonchev–Trinajstić information content (AvgIpc) is 3.09. The van der Waals surface area contributed by atoms with Crippen molar-refractivity contribution in [3.05, 3.63) is 108 Å². The second-order valence-corrected chi connectivity index (χ2v) is 15.1. The van der Waals surface area contributed by atoms with Crippen molar-refractivity contribution in [1.29, 1.82) is 0 Å². The van der Waals surface area contributed by atoms with Gasteiger partial charge in [-0.1, -0.05) is 127 Å². The van der Waals surface area contributed by atoms with Gasteiger partial charge in [0, 0.05) is 0 Å². The number of ether oxygens (including phenoxy) is 2. The molecule has 0 saturated heterocycles. The third-order valence-corrected chi connectivity index (χ3v) is 9.86. The van der Waals surface area contributed by atoms with Gasteiger partial charge in [-0.25, -0.2) is 16.8 Å². The van der Waals surface area contributed by atoms with Gasteiger partial charge >= 0.3 is 37.7 Å². The van der Waals surface area contributed by atoms with E-state index in [1.165, 1.54) is 75.6 Å². The van der Waals surface area contributed by atoms with Crippen molar-refractivity contribution < 1.29 is 35.4 Å². The summed E-state index contributed by atoms with van der Waals surface area (Å²) < 4.78 is 79.5. The normalized spacial score (nSPS) is 11.2. The zero-order valence-corrected chi connectivity index (χ0v) is 33.8. The monoisotopic (exact) mass is 762 g/mol. The number of aryl methyl sites for hydroxylation is 2. The van der Waals surface area contributed by atoms with Gasteiger partial charge in [-0.05, 0) is 85.3 Å². The van der Waals surface area contributed by atoms with Crippen molar-refractivity contribution in [2.45, 2.75) is 114 Å². The first-order valence-corrected chi connectivity index (χ1v) is 20.5. The van der Waals surface area contributed by atoms with Gasteiger partial charge in [-0.15, -0.1) is 0 Å². The van der Waals surface area contributed by atoms with Gasteiger partial charge in [-0.3, -0.25) is 0 Å². The maximum Gasteiger partial charge on any atom is 2.00 e. The van der Waals surface area contributed by atoms with Crippen LogP contribution in [0.2, 0.25) is 0 Å². The molecule has 272 valence electrons. The van der Waals surface area contributed by atoms with Crippen LogP contribution in [0.3, 0.4) is 0 Å². The Morgan fingerprint density at radius 1 is 0.471 bits per heavy atom. The fourth-order valence-corrected chi connectivity index (χ4v) is 6.38. The SMILES string of the molecule is CCCCCCCCc1ccc(S(=O)(=O)[O-])cc1Oc1ccccc1.CCCCCCCCc1ccc(S(=O)(=O)[O-])cc1Oc1ccccc1.[Ca+2]. The number of unbranched alkanes of at least 4 members (excludes halogenated alkanes) is 10. The van der Waals surface area contributed by atoms with Crippen LogP contribution in [-0.4, -0.2) is 63.7 Å². The molecule has 0 heterocycles. The van der Waals surface area contributed by atoms with Gasteiger partial charge in [0.1, 0.15) is 43.2 Å². The summed E-state index contributed by atoms with van der Waals surface area (Å²) in [6.45, 7) is 4.39. The Kier molecular flexibility index (Phi) is 21.0. The molecule has 0 aliphatic heterocycles. The first-order valence-electron chi connectivity index (χ1n) is 17.6. The molecule has 51 heavy (non-hydrogen) atoms. The molecule has 0 amide bonds. The molecule has 4 aromatic rings. The van der Waals surface area contributed by atoms with E-state index in [1.807, 2.05) is 36.4 Å². The Bertz CT molecular complexity index is 1650. The largest absolute Gasteiger partial charge is 2.00 e. The van der Waals surface area contributed by atoms with Crippen molar-refractivity contribution in [3.63, 3.8) is 0 Å². The molecular weight excluding hydrogens is 713 g/mol. The van der Waals surface area contributed by atoms with Crippen LogP contribution >= 0.6 is 0 Å². The Morgan fingerprint density at radius 3 is 1.14 bits per heavy atom. The van der Waals surface area contributed by atoms with Crippen molar-refractivity contribution in [1.82, 2.24) is 0 Å². The Hall–Kier alpha value is -2.44. The maximum absolute atomic E-state index is 11.3. The molecular formula is C40H50CaO8S2. The molecule has 0 radical (unpaired) electrons. The molecule has 0 spiro atoms. The summed E-state index contributed by atoms with van der Waals surface area (Å²) in [6, 6.07) is 27.1. The maximum atomic E-state index is 11.3. The summed E-state index contributed by atoms with van der Waals surface area (Å²) >= 11 is 0. The van der Waals surface area contributed by atoms with Crippen LogP contribution in [0.25, 0.3) is 0 Å². The van der Waals surface area contributed by atoms with E-state index >= 15 is 0 Å². The third-order valence-electron chi connectivity index (χ3n) is 8.20. The Labute approximate surface area is 335 Å². The molecule has 4 rings (SSSR count). The smallest absolute Gasteiger partial charge is 0.744 e. The van der Waals surface area contributed by atoms with E-state index < -0.39 is 20.2 Å². The predicted octanol–water partition coefficient (Wildman–Crippen LogP) is 10.2. The van der Waals surface area contributed by atoms with E-state index in [1.54, 1.807) is 36.4 Å². The summed E-state index contributed by atoms with van der Waals surface area (Å²) in [5.74, 6) is 2.12. The molecule has 0 aliphatic rings. The minimum absolute atomic E-state index is 0. The standard InChI is InChI=1S/2C20H26O4S.Ca/c2*1-2-3-4-5-6-8-11-17-14-15-19(25(21,22)23)16-20(17)24-18-12-9-7-10-13-18;/h2*7,9-10,12-16H,2-6,8,11H2,1H3,(H,21,22,23);/q;;+2/p-2. The van der Waals surface area contributed by atoms with Crippen molar-refractivity contribution in [2.75, 3.05) is 0 Å². The predicted molar refractivity (Wildman–Crippen MR) is 202 cm³/mol. The van der Waals surface area contributed by atoms with E-state index in [0.29, 0.717) is 23.0 Å². The van der Waals surface area contributed by atoms with Crippen LogP contribution in [0.1, 0.15) is 102 Å². The van der Waals surface area contributed by atoms with Gasteiger partial charge < -0.3 is 18.6 Å². The first kappa shape index (κ1) is 44.7.